The summed E-state index contributed by atoms with van der Waals surface area (Å²) >= 11 is 0. The van der Waals surface area contributed by atoms with Gasteiger partial charge >= 0.3 is 5.97 Å². The number of carboxylic acids is 1. The van der Waals surface area contributed by atoms with E-state index in [1.807, 2.05) is 37.3 Å². The van der Waals surface area contributed by atoms with Crippen LogP contribution in [0.2, 0.25) is 0 Å². The predicted octanol–water partition coefficient (Wildman–Crippen LogP) is 4.48. The van der Waals surface area contributed by atoms with Gasteiger partial charge < -0.3 is 15.0 Å². The number of nitrogens with one attached hydrogen (secondary N) is 1. The average molecular weight is 366 g/mol. The Morgan fingerprint density at radius 2 is 2.04 bits per heavy atom. The van der Waals surface area contributed by atoms with E-state index >= 15 is 0 Å². The molecular weight excluding hydrogens is 343 g/mol. The number of rotatable bonds is 6. The molecule has 27 heavy (non-hydrogen) atoms. The summed E-state index contributed by atoms with van der Waals surface area (Å²) in [5.74, 6) is -1.29. The number of para-hydroxylation sites is 1. The third kappa shape index (κ3) is 3.35. The number of hydrogen-bond acceptors (Lipinski definition) is 2. The Balaban J connectivity index is 1.80. The fourth-order valence-electron chi connectivity index (χ4n) is 3.77. The second-order valence-electron chi connectivity index (χ2n) is 7.34. The van der Waals surface area contributed by atoms with Crippen LogP contribution >= 0.6 is 0 Å². The van der Waals surface area contributed by atoms with Crippen LogP contribution in [0, 0.1) is 12.7 Å². The average Bonchev–Trinajstić information content (AvgIpc) is 2.90. The number of nitrogens with zero attached hydrogens (tertiary/aromatic N) is 1. The molecule has 2 N–H and O–H groups in total. The monoisotopic (exact) mass is 366 g/mol. The molecule has 5 heteroatoms. The molecule has 0 bridgehead atoms. The molecule has 0 spiro atoms. The number of hydrogen-bond donors (Lipinski definition) is 2. The van der Waals surface area contributed by atoms with E-state index in [-0.39, 0.29) is 18.1 Å². The molecule has 0 amide bonds. The molecule has 0 atom stereocenters. The van der Waals surface area contributed by atoms with Gasteiger partial charge in [-0.25, -0.2) is 9.18 Å². The zero-order valence-electron chi connectivity index (χ0n) is 15.3. The topological polar surface area (TPSA) is 54.3 Å². The van der Waals surface area contributed by atoms with Crippen molar-refractivity contribution >= 4 is 16.9 Å². The van der Waals surface area contributed by atoms with Crippen molar-refractivity contribution in [3.8, 4) is 0 Å². The largest absolute Gasteiger partial charge is 0.477 e. The molecule has 1 aliphatic rings. The van der Waals surface area contributed by atoms with Gasteiger partial charge in [0.05, 0.1) is 6.54 Å². The molecule has 3 aromatic rings. The van der Waals surface area contributed by atoms with Crippen LogP contribution in [-0.4, -0.2) is 21.7 Å². The minimum absolute atomic E-state index is 0.192. The molecule has 1 heterocycles. The highest BCUT2D eigenvalue weighted by Gasteiger charge is 2.24. The van der Waals surface area contributed by atoms with Crippen molar-refractivity contribution in [2.75, 3.05) is 0 Å². The summed E-state index contributed by atoms with van der Waals surface area (Å²) in [6.45, 7) is 2.54. The lowest BCUT2D eigenvalue weighted by Crippen LogP contribution is -2.34. The van der Waals surface area contributed by atoms with Crippen LogP contribution in [0.4, 0.5) is 4.39 Å². The second kappa shape index (κ2) is 7.16. The molecule has 0 saturated heterocycles. The Bertz CT molecular complexity index is 1000. The molecular formula is C22H23FN2O2. The third-order valence-electron chi connectivity index (χ3n) is 5.49. The number of aromatic carboxylic acids is 1. The molecule has 0 radical (unpaired) electrons. The highest BCUT2D eigenvalue weighted by Crippen LogP contribution is 2.29. The Hall–Kier alpha value is -2.66. The Labute approximate surface area is 157 Å². The minimum Gasteiger partial charge on any atom is -0.477 e. The molecule has 4 rings (SSSR count). The van der Waals surface area contributed by atoms with E-state index in [1.54, 1.807) is 10.6 Å². The standard InChI is InChI=1S/C22H23FN2O2/c1-14-9-10-15(19(23)11-14)13-25-20-8-3-2-7-17(20)18(21(25)22(26)27)12-24-16-5-4-6-16/h2-3,7-11,16,24H,4-6,12-13H2,1H3,(H,26,27). The van der Waals surface area contributed by atoms with E-state index in [0.29, 0.717) is 18.2 Å². The molecule has 4 nitrogen and oxygen atoms in total. The quantitative estimate of drug-likeness (QED) is 0.676. The molecule has 1 saturated carbocycles. The third-order valence-corrected chi connectivity index (χ3v) is 5.49. The molecule has 140 valence electrons. The molecule has 2 aromatic carbocycles. The van der Waals surface area contributed by atoms with Gasteiger partial charge in [0, 0.05) is 34.6 Å². The Morgan fingerprint density at radius 1 is 1.26 bits per heavy atom. The number of aryl methyl sites for hydroxylation is 1. The van der Waals surface area contributed by atoms with E-state index in [2.05, 4.69) is 5.32 Å². The molecule has 1 aromatic heterocycles. The predicted molar refractivity (Wildman–Crippen MR) is 104 cm³/mol. The lowest BCUT2D eigenvalue weighted by Gasteiger charge is -2.26. The number of benzene rings is 2. The van der Waals surface area contributed by atoms with Crippen LogP contribution in [0.15, 0.2) is 42.5 Å². The van der Waals surface area contributed by atoms with Crippen LogP contribution < -0.4 is 5.32 Å². The summed E-state index contributed by atoms with van der Waals surface area (Å²) in [5.41, 5.74) is 3.17. The Kier molecular flexibility index (Phi) is 4.70. The van der Waals surface area contributed by atoms with Gasteiger partial charge in [0.25, 0.3) is 0 Å². The maximum atomic E-state index is 14.4. The lowest BCUT2D eigenvalue weighted by atomic mass is 9.93. The van der Waals surface area contributed by atoms with Crippen molar-refractivity contribution in [3.63, 3.8) is 0 Å². The molecule has 1 fully saturated rings. The fraction of sp³-hybridized carbons (Fsp3) is 0.318. The first kappa shape index (κ1) is 17.7. The maximum absolute atomic E-state index is 14.4. The highest BCUT2D eigenvalue weighted by atomic mass is 19.1. The number of carboxylic acid groups (broad SMARTS) is 1. The molecule has 1 aliphatic carbocycles. The second-order valence-corrected chi connectivity index (χ2v) is 7.34. The van der Waals surface area contributed by atoms with E-state index in [1.165, 1.54) is 12.5 Å². The zero-order chi connectivity index (χ0) is 19.0. The van der Waals surface area contributed by atoms with Crippen molar-refractivity contribution in [3.05, 3.63) is 70.7 Å². The van der Waals surface area contributed by atoms with Gasteiger partial charge in [0.1, 0.15) is 11.5 Å². The summed E-state index contributed by atoms with van der Waals surface area (Å²) in [4.78, 5) is 12.1. The van der Waals surface area contributed by atoms with Gasteiger partial charge in [0.15, 0.2) is 0 Å². The maximum Gasteiger partial charge on any atom is 0.352 e. The Morgan fingerprint density at radius 3 is 2.70 bits per heavy atom. The minimum atomic E-state index is -0.982. The van der Waals surface area contributed by atoms with Gasteiger partial charge in [-0.1, -0.05) is 36.8 Å². The normalized spacial score (nSPS) is 14.4. The van der Waals surface area contributed by atoms with Crippen molar-refractivity contribution in [2.24, 2.45) is 0 Å². The summed E-state index contributed by atoms with van der Waals surface area (Å²) in [5, 5.41) is 14.3. The van der Waals surface area contributed by atoms with Crippen molar-refractivity contribution in [1.29, 1.82) is 0 Å². The van der Waals surface area contributed by atoms with Crippen LogP contribution in [-0.2, 0) is 13.1 Å². The summed E-state index contributed by atoms with van der Waals surface area (Å²) in [7, 11) is 0. The lowest BCUT2D eigenvalue weighted by molar-refractivity contribution is 0.0684. The first-order valence-corrected chi connectivity index (χ1v) is 9.36. The first-order chi connectivity index (χ1) is 13.0. The fourth-order valence-corrected chi connectivity index (χ4v) is 3.77. The van der Waals surface area contributed by atoms with E-state index < -0.39 is 5.97 Å². The van der Waals surface area contributed by atoms with Gasteiger partial charge in [0.2, 0.25) is 0 Å². The SMILES string of the molecule is Cc1ccc(Cn2c(C(=O)O)c(CNC3CCC3)c3ccccc32)c(F)c1. The van der Waals surface area contributed by atoms with Gasteiger partial charge in [-0.3, -0.25) is 0 Å². The van der Waals surface area contributed by atoms with E-state index in [0.717, 1.165) is 34.9 Å². The van der Waals surface area contributed by atoms with Crippen LogP contribution in [0.3, 0.4) is 0 Å². The van der Waals surface area contributed by atoms with Gasteiger partial charge in [-0.15, -0.1) is 0 Å². The highest BCUT2D eigenvalue weighted by molar-refractivity contribution is 5.98. The van der Waals surface area contributed by atoms with Gasteiger partial charge in [-0.05, 0) is 37.5 Å². The smallest absolute Gasteiger partial charge is 0.352 e. The van der Waals surface area contributed by atoms with Gasteiger partial charge in [-0.2, -0.15) is 0 Å². The summed E-state index contributed by atoms with van der Waals surface area (Å²) < 4.78 is 16.1. The van der Waals surface area contributed by atoms with Crippen LogP contribution in [0.1, 0.15) is 46.4 Å². The summed E-state index contributed by atoms with van der Waals surface area (Å²) in [6.07, 6.45) is 3.49. The first-order valence-electron chi connectivity index (χ1n) is 9.36. The zero-order valence-corrected chi connectivity index (χ0v) is 15.3. The number of halogens is 1. The van der Waals surface area contributed by atoms with Crippen LogP contribution in [0.5, 0.6) is 0 Å². The number of aromatic nitrogens is 1. The number of carbonyl (C=O) groups is 1. The summed E-state index contributed by atoms with van der Waals surface area (Å²) in [6, 6.07) is 13.2. The van der Waals surface area contributed by atoms with Crippen molar-refractivity contribution < 1.29 is 14.3 Å². The molecule has 0 aliphatic heterocycles. The van der Waals surface area contributed by atoms with Crippen molar-refractivity contribution in [2.45, 2.75) is 45.3 Å². The van der Waals surface area contributed by atoms with Crippen molar-refractivity contribution in [1.82, 2.24) is 9.88 Å². The van der Waals surface area contributed by atoms with E-state index in [9.17, 15) is 14.3 Å². The van der Waals surface area contributed by atoms with Crippen LogP contribution in [0.25, 0.3) is 10.9 Å². The molecule has 0 unspecified atom stereocenters. The number of fused-ring (bicyclic) bond motifs is 1. The van der Waals surface area contributed by atoms with E-state index in [4.69, 9.17) is 0 Å².